The Morgan fingerprint density at radius 2 is 1.46 bits per heavy atom. The molecule has 2 N–H and O–H groups in total. The van der Waals surface area contributed by atoms with Gasteiger partial charge in [-0.25, -0.2) is 4.99 Å². The van der Waals surface area contributed by atoms with Crippen LogP contribution < -0.4 is 10.6 Å². The van der Waals surface area contributed by atoms with Gasteiger partial charge in [0.1, 0.15) is 0 Å². The molecule has 130 valence electrons. The van der Waals surface area contributed by atoms with Gasteiger partial charge in [0.05, 0.1) is 6.54 Å². The quantitative estimate of drug-likeness (QED) is 0.479. The van der Waals surface area contributed by atoms with E-state index in [1.807, 2.05) is 72.8 Å². The molecule has 0 unspecified atom stereocenters. The van der Waals surface area contributed by atoms with E-state index < -0.39 is 0 Å². The van der Waals surface area contributed by atoms with E-state index in [-0.39, 0.29) is 5.91 Å². The summed E-state index contributed by atoms with van der Waals surface area (Å²) in [5.41, 5.74) is 2.49. The molecule has 0 aromatic heterocycles. The zero-order valence-electron chi connectivity index (χ0n) is 14.0. The number of rotatable bonds is 4. The fourth-order valence-corrected chi connectivity index (χ4v) is 2.57. The van der Waals surface area contributed by atoms with Gasteiger partial charge in [-0.3, -0.25) is 10.1 Å². The molecule has 0 saturated carbocycles. The SMILES string of the molecule is O=C(NC(=NCc1ccccc1)Nc1ccc(Br)cc1)c1ccccc1. The van der Waals surface area contributed by atoms with E-state index in [2.05, 4.69) is 31.6 Å². The molecule has 4 nitrogen and oxygen atoms in total. The van der Waals surface area contributed by atoms with Crippen molar-refractivity contribution in [1.82, 2.24) is 5.32 Å². The molecule has 3 rings (SSSR count). The fraction of sp³-hybridized carbons (Fsp3) is 0.0476. The van der Waals surface area contributed by atoms with Gasteiger partial charge < -0.3 is 5.32 Å². The Labute approximate surface area is 161 Å². The Morgan fingerprint density at radius 3 is 2.12 bits per heavy atom. The third kappa shape index (κ3) is 5.29. The third-order valence-corrected chi connectivity index (χ3v) is 4.17. The van der Waals surface area contributed by atoms with Gasteiger partial charge in [0.25, 0.3) is 5.91 Å². The van der Waals surface area contributed by atoms with Crippen LogP contribution in [0, 0.1) is 0 Å². The first kappa shape index (κ1) is 17.9. The molecular formula is C21H18BrN3O. The first-order valence-corrected chi connectivity index (χ1v) is 8.97. The third-order valence-electron chi connectivity index (χ3n) is 3.64. The number of nitrogens with one attached hydrogen (secondary N) is 2. The van der Waals surface area contributed by atoms with E-state index in [1.54, 1.807) is 12.1 Å². The van der Waals surface area contributed by atoms with Crippen molar-refractivity contribution in [3.8, 4) is 0 Å². The number of nitrogens with zero attached hydrogens (tertiary/aromatic N) is 1. The highest BCUT2D eigenvalue weighted by Crippen LogP contribution is 2.14. The molecule has 0 radical (unpaired) electrons. The Morgan fingerprint density at radius 1 is 0.846 bits per heavy atom. The van der Waals surface area contributed by atoms with Crippen molar-refractivity contribution < 1.29 is 4.79 Å². The average Bonchev–Trinajstić information content (AvgIpc) is 2.69. The molecule has 1 amide bonds. The van der Waals surface area contributed by atoms with Gasteiger partial charge in [0, 0.05) is 15.7 Å². The lowest BCUT2D eigenvalue weighted by Gasteiger charge is -2.12. The molecule has 0 saturated heterocycles. The van der Waals surface area contributed by atoms with Crippen molar-refractivity contribution in [3.05, 3.63) is 101 Å². The fourth-order valence-electron chi connectivity index (χ4n) is 2.30. The minimum absolute atomic E-state index is 0.206. The normalized spacial score (nSPS) is 11.0. The van der Waals surface area contributed by atoms with E-state index in [0.717, 1.165) is 15.7 Å². The second-order valence-electron chi connectivity index (χ2n) is 5.60. The predicted octanol–water partition coefficient (Wildman–Crippen LogP) is 4.85. The lowest BCUT2D eigenvalue weighted by atomic mass is 10.2. The van der Waals surface area contributed by atoms with Crippen LogP contribution in [0.25, 0.3) is 0 Å². The summed E-state index contributed by atoms with van der Waals surface area (Å²) < 4.78 is 0.985. The number of carbonyl (C=O) groups is 1. The van der Waals surface area contributed by atoms with Crippen LogP contribution >= 0.6 is 15.9 Å². The number of hydrogen-bond acceptors (Lipinski definition) is 2. The maximum absolute atomic E-state index is 12.5. The number of aliphatic imine (C=N–C) groups is 1. The minimum Gasteiger partial charge on any atom is -0.326 e. The number of amides is 1. The van der Waals surface area contributed by atoms with Gasteiger partial charge in [-0.05, 0) is 42.0 Å². The largest absolute Gasteiger partial charge is 0.326 e. The van der Waals surface area contributed by atoms with Gasteiger partial charge >= 0.3 is 0 Å². The Hall–Kier alpha value is -2.92. The molecule has 5 heteroatoms. The molecule has 0 aliphatic carbocycles. The number of guanidine groups is 1. The minimum atomic E-state index is -0.206. The molecule has 0 bridgehead atoms. The molecule has 3 aromatic rings. The lowest BCUT2D eigenvalue weighted by Crippen LogP contribution is -2.36. The van der Waals surface area contributed by atoms with Crippen LogP contribution in [-0.2, 0) is 6.54 Å². The maximum atomic E-state index is 12.5. The van der Waals surface area contributed by atoms with Gasteiger partial charge in [-0.15, -0.1) is 0 Å². The summed E-state index contributed by atoms with van der Waals surface area (Å²) >= 11 is 3.42. The van der Waals surface area contributed by atoms with Crippen LogP contribution in [0.1, 0.15) is 15.9 Å². The number of anilines is 1. The molecule has 0 aliphatic heterocycles. The molecule has 0 spiro atoms. The van der Waals surface area contributed by atoms with Gasteiger partial charge in [0.15, 0.2) is 0 Å². The average molecular weight is 408 g/mol. The summed E-state index contributed by atoms with van der Waals surface area (Å²) in [5, 5.41) is 6.03. The summed E-state index contributed by atoms with van der Waals surface area (Å²) in [4.78, 5) is 17.0. The summed E-state index contributed by atoms with van der Waals surface area (Å²) in [6, 6.07) is 26.7. The molecule has 0 heterocycles. The molecule has 0 atom stereocenters. The molecule has 0 fully saturated rings. The number of benzene rings is 3. The van der Waals surface area contributed by atoms with E-state index in [4.69, 9.17) is 0 Å². The summed E-state index contributed by atoms with van der Waals surface area (Å²) in [6.45, 7) is 0.467. The van der Waals surface area contributed by atoms with E-state index in [1.165, 1.54) is 0 Å². The number of halogens is 1. The maximum Gasteiger partial charge on any atom is 0.257 e. The van der Waals surface area contributed by atoms with Crippen LogP contribution in [-0.4, -0.2) is 11.9 Å². The van der Waals surface area contributed by atoms with Gasteiger partial charge in [-0.2, -0.15) is 0 Å². The standard InChI is InChI=1S/C21H18BrN3O/c22-18-11-13-19(14-12-18)24-21(23-15-16-7-3-1-4-8-16)25-20(26)17-9-5-2-6-10-17/h1-14H,15H2,(H2,23,24,25,26). The molecule has 3 aromatic carbocycles. The molecule has 26 heavy (non-hydrogen) atoms. The second kappa shape index (κ2) is 8.97. The monoisotopic (exact) mass is 407 g/mol. The first-order valence-electron chi connectivity index (χ1n) is 8.18. The van der Waals surface area contributed by atoms with Crippen molar-refractivity contribution >= 4 is 33.5 Å². The zero-order chi connectivity index (χ0) is 18.2. The van der Waals surface area contributed by atoms with Crippen LogP contribution in [0.15, 0.2) is 94.4 Å². The van der Waals surface area contributed by atoms with Crippen molar-refractivity contribution in [2.45, 2.75) is 6.54 Å². The Kier molecular flexibility index (Phi) is 6.17. The molecular weight excluding hydrogens is 390 g/mol. The highest BCUT2D eigenvalue weighted by atomic mass is 79.9. The Balaban J connectivity index is 1.78. The van der Waals surface area contributed by atoms with Crippen LogP contribution in [0.2, 0.25) is 0 Å². The van der Waals surface area contributed by atoms with Gasteiger partial charge in [0.2, 0.25) is 5.96 Å². The lowest BCUT2D eigenvalue weighted by molar-refractivity contribution is 0.0977. The van der Waals surface area contributed by atoms with E-state index >= 15 is 0 Å². The Bertz CT molecular complexity index is 878. The second-order valence-corrected chi connectivity index (χ2v) is 6.52. The van der Waals surface area contributed by atoms with E-state index in [9.17, 15) is 4.79 Å². The van der Waals surface area contributed by atoms with Crippen molar-refractivity contribution in [3.63, 3.8) is 0 Å². The number of carbonyl (C=O) groups excluding carboxylic acids is 1. The van der Waals surface area contributed by atoms with Crippen molar-refractivity contribution in [2.24, 2.45) is 4.99 Å². The van der Waals surface area contributed by atoms with Gasteiger partial charge in [-0.1, -0.05) is 64.5 Å². The first-order chi connectivity index (χ1) is 12.7. The zero-order valence-corrected chi connectivity index (χ0v) is 15.6. The smallest absolute Gasteiger partial charge is 0.257 e. The van der Waals surface area contributed by atoms with Crippen molar-refractivity contribution in [1.29, 1.82) is 0 Å². The predicted molar refractivity (Wildman–Crippen MR) is 109 cm³/mol. The highest BCUT2D eigenvalue weighted by molar-refractivity contribution is 9.10. The van der Waals surface area contributed by atoms with Crippen molar-refractivity contribution in [2.75, 3.05) is 5.32 Å². The summed E-state index contributed by atoms with van der Waals surface area (Å²) in [5.74, 6) is 0.201. The van der Waals surface area contributed by atoms with E-state index in [0.29, 0.717) is 18.1 Å². The number of hydrogen-bond donors (Lipinski definition) is 2. The summed E-state index contributed by atoms with van der Waals surface area (Å²) in [6.07, 6.45) is 0. The van der Waals surface area contributed by atoms with Crippen LogP contribution in [0.3, 0.4) is 0 Å². The summed E-state index contributed by atoms with van der Waals surface area (Å²) in [7, 11) is 0. The highest BCUT2D eigenvalue weighted by Gasteiger charge is 2.09. The van der Waals surface area contributed by atoms with Crippen LogP contribution in [0.5, 0.6) is 0 Å². The molecule has 0 aliphatic rings. The topological polar surface area (TPSA) is 53.5 Å². The van der Waals surface area contributed by atoms with Crippen LogP contribution in [0.4, 0.5) is 5.69 Å².